The van der Waals surface area contributed by atoms with Crippen molar-refractivity contribution in [1.29, 1.82) is 0 Å². The van der Waals surface area contributed by atoms with Gasteiger partial charge in [0.25, 0.3) is 0 Å². The van der Waals surface area contributed by atoms with Crippen LogP contribution in [0.3, 0.4) is 0 Å². The van der Waals surface area contributed by atoms with E-state index in [9.17, 15) is 13.6 Å². The number of thioether (sulfide) groups is 1. The normalized spacial score (nSPS) is 10.7. The van der Waals surface area contributed by atoms with E-state index in [0.717, 1.165) is 17.5 Å². The van der Waals surface area contributed by atoms with Gasteiger partial charge in [-0.25, -0.2) is 13.8 Å². The van der Waals surface area contributed by atoms with Crippen LogP contribution in [0.2, 0.25) is 0 Å². The fraction of sp³-hybridized carbons (Fsp3) is 0.120. The summed E-state index contributed by atoms with van der Waals surface area (Å²) in [6.45, 7) is 2.46. The van der Waals surface area contributed by atoms with Crippen molar-refractivity contribution in [1.82, 2.24) is 15.2 Å². The smallest absolute Gasteiger partial charge is 0.234 e. The number of nitrogens with one attached hydrogen (secondary N) is 1. The minimum absolute atomic E-state index is 0.0385. The van der Waals surface area contributed by atoms with E-state index in [4.69, 9.17) is 4.74 Å². The highest BCUT2D eigenvalue weighted by atomic mass is 32.2. The number of anilines is 1. The molecule has 3 aromatic carbocycles. The lowest BCUT2D eigenvalue weighted by Gasteiger charge is -2.10. The predicted octanol–water partition coefficient (Wildman–Crippen LogP) is 5.61. The molecule has 1 amide bonds. The molecular weight excluding hydrogens is 458 g/mol. The molecule has 0 aliphatic rings. The van der Waals surface area contributed by atoms with Crippen molar-refractivity contribution in [2.75, 3.05) is 17.7 Å². The van der Waals surface area contributed by atoms with E-state index in [0.29, 0.717) is 34.8 Å². The van der Waals surface area contributed by atoms with Crippen molar-refractivity contribution in [2.24, 2.45) is 0 Å². The SMILES string of the molecule is CCOc1ccc(NC(=O)CSc2nnc(-c3cccc(F)c3)c(-c3cccc(F)c3)n2)cc1. The summed E-state index contributed by atoms with van der Waals surface area (Å²) in [5.74, 6) is -0.368. The maximum absolute atomic E-state index is 13.9. The number of halogens is 2. The number of hydrogen-bond acceptors (Lipinski definition) is 6. The summed E-state index contributed by atoms with van der Waals surface area (Å²) >= 11 is 1.09. The second kappa shape index (κ2) is 10.8. The molecule has 1 aromatic heterocycles. The molecule has 4 aromatic rings. The Labute approximate surface area is 199 Å². The summed E-state index contributed by atoms with van der Waals surface area (Å²) in [6.07, 6.45) is 0. The zero-order chi connectivity index (χ0) is 23.9. The predicted molar refractivity (Wildman–Crippen MR) is 128 cm³/mol. The third-order valence-corrected chi connectivity index (χ3v) is 5.48. The van der Waals surface area contributed by atoms with Crippen molar-refractivity contribution in [3.63, 3.8) is 0 Å². The van der Waals surface area contributed by atoms with Crippen LogP contribution in [0, 0.1) is 11.6 Å². The van der Waals surface area contributed by atoms with Gasteiger partial charge < -0.3 is 10.1 Å². The van der Waals surface area contributed by atoms with Crippen LogP contribution in [0.15, 0.2) is 78.0 Å². The summed E-state index contributed by atoms with van der Waals surface area (Å²) < 4.78 is 33.1. The molecule has 9 heteroatoms. The second-order valence-electron chi connectivity index (χ2n) is 7.11. The molecule has 1 N–H and O–H groups in total. The van der Waals surface area contributed by atoms with Crippen molar-refractivity contribution in [2.45, 2.75) is 12.1 Å². The topological polar surface area (TPSA) is 77.0 Å². The van der Waals surface area contributed by atoms with Gasteiger partial charge in [0.15, 0.2) is 0 Å². The van der Waals surface area contributed by atoms with Gasteiger partial charge in [-0.05, 0) is 55.5 Å². The highest BCUT2D eigenvalue weighted by Crippen LogP contribution is 2.30. The molecule has 0 unspecified atom stereocenters. The molecule has 4 rings (SSSR count). The number of ether oxygens (including phenoxy) is 1. The van der Waals surface area contributed by atoms with Crippen LogP contribution >= 0.6 is 11.8 Å². The average Bonchev–Trinajstić information content (AvgIpc) is 2.84. The Hall–Kier alpha value is -3.85. The number of benzene rings is 3. The number of rotatable bonds is 8. The molecule has 0 spiro atoms. The molecule has 0 saturated heterocycles. The van der Waals surface area contributed by atoms with Gasteiger partial charge in [0.2, 0.25) is 11.1 Å². The van der Waals surface area contributed by atoms with E-state index in [-0.39, 0.29) is 16.8 Å². The maximum Gasteiger partial charge on any atom is 0.234 e. The van der Waals surface area contributed by atoms with Gasteiger partial charge in [0.1, 0.15) is 28.8 Å². The number of carbonyl (C=O) groups is 1. The zero-order valence-corrected chi connectivity index (χ0v) is 19.0. The van der Waals surface area contributed by atoms with E-state index in [1.54, 1.807) is 48.5 Å². The third kappa shape index (κ3) is 5.93. The third-order valence-electron chi connectivity index (χ3n) is 4.64. The van der Waals surface area contributed by atoms with E-state index >= 15 is 0 Å². The van der Waals surface area contributed by atoms with Crippen LogP contribution in [0.25, 0.3) is 22.5 Å². The summed E-state index contributed by atoms with van der Waals surface area (Å²) in [7, 11) is 0. The van der Waals surface area contributed by atoms with E-state index in [2.05, 4.69) is 20.5 Å². The molecule has 0 bridgehead atoms. The number of amides is 1. The Morgan fingerprint density at radius 2 is 1.56 bits per heavy atom. The summed E-state index contributed by atoms with van der Waals surface area (Å²) in [6, 6.07) is 18.8. The van der Waals surface area contributed by atoms with E-state index < -0.39 is 11.6 Å². The zero-order valence-electron chi connectivity index (χ0n) is 18.2. The van der Waals surface area contributed by atoms with Gasteiger partial charge in [-0.1, -0.05) is 36.0 Å². The summed E-state index contributed by atoms with van der Waals surface area (Å²) in [5.41, 5.74) is 2.22. The standard InChI is InChI=1S/C25H20F2N4O2S/c1-2-33-21-11-9-20(10-12-21)28-22(32)15-34-25-29-23(16-5-3-7-18(26)13-16)24(30-31-25)17-6-4-8-19(27)14-17/h3-14H,2,15H2,1H3,(H,28,32). The lowest BCUT2D eigenvalue weighted by atomic mass is 10.0. The molecule has 6 nitrogen and oxygen atoms in total. The maximum atomic E-state index is 13.9. The molecule has 0 radical (unpaired) electrons. The lowest BCUT2D eigenvalue weighted by molar-refractivity contribution is -0.113. The molecule has 0 fully saturated rings. The van der Waals surface area contributed by atoms with E-state index in [1.165, 1.54) is 24.3 Å². The van der Waals surface area contributed by atoms with Crippen molar-refractivity contribution in [3.05, 3.63) is 84.4 Å². The van der Waals surface area contributed by atoms with Gasteiger partial charge in [0.05, 0.1) is 12.4 Å². The second-order valence-corrected chi connectivity index (χ2v) is 8.05. The number of aromatic nitrogens is 3. The molecule has 0 saturated carbocycles. The van der Waals surface area contributed by atoms with Gasteiger partial charge in [-0.3, -0.25) is 4.79 Å². The Kier molecular flexibility index (Phi) is 7.44. The number of carbonyl (C=O) groups excluding carboxylic acids is 1. The number of hydrogen-bond donors (Lipinski definition) is 1. The molecule has 172 valence electrons. The lowest BCUT2D eigenvalue weighted by Crippen LogP contribution is -2.14. The minimum atomic E-state index is -0.440. The molecule has 1 heterocycles. The van der Waals surface area contributed by atoms with Gasteiger partial charge >= 0.3 is 0 Å². The molecule has 0 atom stereocenters. The Balaban J connectivity index is 1.53. The van der Waals surface area contributed by atoms with Crippen LogP contribution in [0.1, 0.15) is 6.92 Å². The van der Waals surface area contributed by atoms with Crippen molar-refractivity contribution in [3.8, 4) is 28.3 Å². The molecule has 0 aliphatic heterocycles. The van der Waals surface area contributed by atoms with Crippen LogP contribution < -0.4 is 10.1 Å². The van der Waals surface area contributed by atoms with Gasteiger partial charge in [0, 0.05) is 16.8 Å². The molecule has 34 heavy (non-hydrogen) atoms. The quantitative estimate of drug-likeness (QED) is 0.332. The highest BCUT2D eigenvalue weighted by Gasteiger charge is 2.16. The Morgan fingerprint density at radius 1 is 0.912 bits per heavy atom. The van der Waals surface area contributed by atoms with Gasteiger partial charge in [-0.15, -0.1) is 10.2 Å². The summed E-state index contributed by atoms with van der Waals surface area (Å²) in [5, 5.41) is 11.3. The van der Waals surface area contributed by atoms with Crippen LogP contribution in [0.5, 0.6) is 5.75 Å². The van der Waals surface area contributed by atoms with Gasteiger partial charge in [-0.2, -0.15) is 0 Å². The van der Waals surface area contributed by atoms with Crippen LogP contribution in [-0.2, 0) is 4.79 Å². The largest absolute Gasteiger partial charge is 0.494 e. The van der Waals surface area contributed by atoms with Crippen LogP contribution in [0.4, 0.5) is 14.5 Å². The first-order valence-corrected chi connectivity index (χ1v) is 11.4. The van der Waals surface area contributed by atoms with E-state index in [1.807, 2.05) is 6.92 Å². The first-order valence-electron chi connectivity index (χ1n) is 10.4. The Morgan fingerprint density at radius 3 is 2.18 bits per heavy atom. The monoisotopic (exact) mass is 478 g/mol. The highest BCUT2D eigenvalue weighted by molar-refractivity contribution is 7.99. The first-order chi connectivity index (χ1) is 16.5. The first kappa shape index (κ1) is 23.3. The molecular formula is C25H20F2N4O2S. The fourth-order valence-corrected chi connectivity index (χ4v) is 3.75. The Bertz CT molecular complexity index is 1300. The summed E-state index contributed by atoms with van der Waals surface area (Å²) in [4.78, 5) is 16.9. The van der Waals surface area contributed by atoms with Crippen LogP contribution in [-0.4, -0.2) is 33.4 Å². The molecule has 0 aliphatic carbocycles. The van der Waals surface area contributed by atoms with Crippen molar-refractivity contribution < 1.29 is 18.3 Å². The van der Waals surface area contributed by atoms with Crippen molar-refractivity contribution >= 4 is 23.4 Å². The number of nitrogens with zero attached hydrogens (tertiary/aromatic N) is 3. The fourth-order valence-electron chi connectivity index (χ4n) is 3.17. The average molecular weight is 479 g/mol. The minimum Gasteiger partial charge on any atom is -0.494 e.